The normalized spacial score (nSPS) is 27.5. The fourth-order valence-corrected chi connectivity index (χ4v) is 3.02. The summed E-state index contributed by atoms with van der Waals surface area (Å²) in [6.07, 6.45) is 4.87. The van der Waals surface area contributed by atoms with Crippen molar-refractivity contribution in [2.75, 3.05) is 13.2 Å². The lowest BCUT2D eigenvalue weighted by molar-refractivity contribution is -0.137. The fraction of sp³-hybridized carbons (Fsp3) is 0.714. The zero-order valence-electron chi connectivity index (χ0n) is 11.6. The maximum Gasteiger partial charge on any atom is 0.410 e. The van der Waals surface area contributed by atoms with Crippen molar-refractivity contribution >= 4 is 12.1 Å². The molecule has 0 aromatic heterocycles. The molecule has 5 nitrogen and oxygen atoms in total. The van der Waals surface area contributed by atoms with Crippen molar-refractivity contribution in [3.05, 3.63) is 11.6 Å². The molecule has 2 aliphatic heterocycles. The summed E-state index contributed by atoms with van der Waals surface area (Å²) in [5.41, 5.74) is 1.09. The Morgan fingerprint density at radius 2 is 1.74 bits per heavy atom. The molecule has 0 spiro atoms. The zero-order valence-corrected chi connectivity index (χ0v) is 11.6. The first kappa shape index (κ1) is 13.9. The van der Waals surface area contributed by atoms with Crippen LogP contribution < -0.4 is 0 Å². The van der Waals surface area contributed by atoms with Gasteiger partial charge in [-0.15, -0.1) is 0 Å². The summed E-state index contributed by atoms with van der Waals surface area (Å²) in [5.74, 6) is -0.276. The summed E-state index contributed by atoms with van der Waals surface area (Å²) in [7, 11) is 0. The van der Waals surface area contributed by atoms with E-state index in [4.69, 9.17) is 9.47 Å². The van der Waals surface area contributed by atoms with Crippen molar-refractivity contribution in [3.8, 4) is 0 Å². The lowest BCUT2D eigenvalue weighted by atomic mass is 9.97. The standard InChI is InChI=1S/C14H21NO4/c1-3-18-13(16)9-10-7-11-5-6-12(8-10)15(11)14(17)19-4-2/h9,11-12H,3-8H2,1-2H3/t11-,12+. The maximum atomic E-state index is 11.9. The number of hydrogen-bond acceptors (Lipinski definition) is 4. The third-order valence-corrected chi connectivity index (χ3v) is 3.70. The molecule has 2 saturated heterocycles. The molecule has 1 amide bonds. The van der Waals surface area contributed by atoms with Crippen LogP contribution in [0, 0.1) is 0 Å². The number of piperidine rings is 1. The molecule has 0 aromatic rings. The van der Waals surface area contributed by atoms with Crippen LogP contribution in [0.15, 0.2) is 11.6 Å². The number of esters is 1. The first-order valence-electron chi connectivity index (χ1n) is 6.97. The SMILES string of the molecule is CCOC(=O)C=C1C[C@H]2CC[C@@H](C1)N2C(=O)OCC. The van der Waals surface area contributed by atoms with Gasteiger partial charge >= 0.3 is 12.1 Å². The van der Waals surface area contributed by atoms with Crippen molar-refractivity contribution in [1.82, 2.24) is 4.90 Å². The topological polar surface area (TPSA) is 55.8 Å². The number of carbonyl (C=O) groups excluding carboxylic acids is 2. The highest BCUT2D eigenvalue weighted by molar-refractivity contribution is 5.83. The molecule has 0 aliphatic carbocycles. The van der Waals surface area contributed by atoms with Crippen LogP contribution in [0.2, 0.25) is 0 Å². The number of fused-ring (bicyclic) bond motifs is 2. The van der Waals surface area contributed by atoms with E-state index in [0.29, 0.717) is 13.2 Å². The van der Waals surface area contributed by atoms with E-state index in [-0.39, 0.29) is 24.1 Å². The van der Waals surface area contributed by atoms with E-state index < -0.39 is 0 Å². The van der Waals surface area contributed by atoms with Gasteiger partial charge in [0, 0.05) is 18.2 Å². The van der Waals surface area contributed by atoms with Crippen LogP contribution in [0.25, 0.3) is 0 Å². The smallest absolute Gasteiger partial charge is 0.410 e. The molecule has 0 saturated carbocycles. The molecule has 2 heterocycles. The summed E-state index contributed by atoms with van der Waals surface area (Å²) in [4.78, 5) is 25.2. The molecular weight excluding hydrogens is 246 g/mol. The van der Waals surface area contributed by atoms with Gasteiger partial charge < -0.3 is 14.4 Å². The number of nitrogens with zero attached hydrogens (tertiary/aromatic N) is 1. The average molecular weight is 267 g/mol. The average Bonchev–Trinajstić information content (AvgIpc) is 2.62. The minimum atomic E-state index is -0.276. The Hall–Kier alpha value is -1.52. The number of hydrogen-bond donors (Lipinski definition) is 0. The van der Waals surface area contributed by atoms with Gasteiger partial charge in [0.05, 0.1) is 13.2 Å². The van der Waals surface area contributed by atoms with Gasteiger partial charge in [0.15, 0.2) is 0 Å². The Morgan fingerprint density at radius 3 is 2.26 bits per heavy atom. The van der Waals surface area contributed by atoms with Gasteiger partial charge in [-0.1, -0.05) is 5.57 Å². The first-order chi connectivity index (χ1) is 9.15. The molecule has 5 heteroatoms. The summed E-state index contributed by atoms with van der Waals surface area (Å²) >= 11 is 0. The Labute approximate surface area is 113 Å². The van der Waals surface area contributed by atoms with E-state index in [2.05, 4.69) is 0 Å². The lowest BCUT2D eigenvalue weighted by Crippen LogP contribution is -2.45. The van der Waals surface area contributed by atoms with E-state index in [0.717, 1.165) is 31.3 Å². The summed E-state index contributed by atoms with van der Waals surface area (Å²) < 4.78 is 10.0. The fourth-order valence-electron chi connectivity index (χ4n) is 3.02. The number of rotatable bonds is 3. The molecule has 0 N–H and O–H groups in total. The van der Waals surface area contributed by atoms with Crippen LogP contribution in [0.3, 0.4) is 0 Å². The highest BCUT2D eigenvalue weighted by Gasteiger charge is 2.42. The monoisotopic (exact) mass is 267 g/mol. The zero-order chi connectivity index (χ0) is 13.8. The van der Waals surface area contributed by atoms with Crippen LogP contribution in [0.1, 0.15) is 39.5 Å². The highest BCUT2D eigenvalue weighted by Crippen LogP contribution is 2.38. The maximum absolute atomic E-state index is 11.9. The third-order valence-electron chi connectivity index (χ3n) is 3.70. The molecular formula is C14H21NO4. The van der Waals surface area contributed by atoms with Crippen molar-refractivity contribution < 1.29 is 19.1 Å². The van der Waals surface area contributed by atoms with Gasteiger partial charge in [-0.25, -0.2) is 9.59 Å². The molecule has 2 aliphatic rings. The van der Waals surface area contributed by atoms with Crippen molar-refractivity contribution in [1.29, 1.82) is 0 Å². The molecule has 106 valence electrons. The second-order valence-electron chi connectivity index (χ2n) is 4.95. The van der Waals surface area contributed by atoms with Gasteiger partial charge in [-0.05, 0) is 39.5 Å². The van der Waals surface area contributed by atoms with E-state index in [1.807, 2.05) is 11.8 Å². The van der Waals surface area contributed by atoms with Gasteiger partial charge in [0.2, 0.25) is 0 Å². The van der Waals surface area contributed by atoms with Gasteiger partial charge in [0.1, 0.15) is 0 Å². The van der Waals surface area contributed by atoms with E-state index in [9.17, 15) is 9.59 Å². The van der Waals surface area contributed by atoms with E-state index >= 15 is 0 Å². The largest absolute Gasteiger partial charge is 0.463 e. The Kier molecular flexibility index (Phi) is 4.45. The summed E-state index contributed by atoms with van der Waals surface area (Å²) in [6, 6.07) is 0.358. The van der Waals surface area contributed by atoms with Crippen LogP contribution >= 0.6 is 0 Å². The van der Waals surface area contributed by atoms with Crippen LogP contribution in [-0.2, 0) is 14.3 Å². The molecule has 2 atom stereocenters. The van der Waals surface area contributed by atoms with Crippen LogP contribution in [-0.4, -0.2) is 42.3 Å². The summed E-state index contributed by atoms with van der Waals surface area (Å²) in [6.45, 7) is 4.41. The number of ether oxygens (including phenoxy) is 2. The number of carbonyl (C=O) groups is 2. The molecule has 2 fully saturated rings. The molecule has 2 bridgehead atoms. The Morgan fingerprint density at radius 1 is 1.16 bits per heavy atom. The second kappa shape index (κ2) is 6.08. The van der Waals surface area contributed by atoms with Crippen molar-refractivity contribution in [3.63, 3.8) is 0 Å². The second-order valence-corrected chi connectivity index (χ2v) is 4.95. The van der Waals surface area contributed by atoms with Gasteiger partial charge in [-0.2, -0.15) is 0 Å². The molecule has 0 radical (unpaired) electrons. The lowest BCUT2D eigenvalue weighted by Gasteiger charge is -2.35. The summed E-state index contributed by atoms with van der Waals surface area (Å²) in [5, 5.41) is 0. The predicted molar refractivity (Wildman–Crippen MR) is 69.6 cm³/mol. The quantitative estimate of drug-likeness (QED) is 0.581. The molecule has 0 aromatic carbocycles. The highest BCUT2D eigenvalue weighted by atomic mass is 16.6. The third kappa shape index (κ3) is 3.08. The molecule has 0 unspecified atom stereocenters. The molecule has 2 rings (SSSR count). The Bertz CT molecular complexity index is 375. The van der Waals surface area contributed by atoms with Crippen molar-refractivity contribution in [2.45, 2.75) is 51.6 Å². The van der Waals surface area contributed by atoms with Gasteiger partial charge in [-0.3, -0.25) is 0 Å². The minimum absolute atomic E-state index is 0.179. The number of amides is 1. The Balaban J connectivity index is 2.01. The van der Waals surface area contributed by atoms with Crippen LogP contribution in [0.5, 0.6) is 0 Å². The van der Waals surface area contributed by atoms with Gasteiger partial charge in [0.25, 0.3) is 0 Å². The predicted octanol–water partition coefficient (Wildman–Crippen LogP) is 2.26. The van der Waals surface area contributed by atoms with Crippen molar-refractivity contribution in [2.24, 2.45) is 0 Å². The van der Waals surface area contributed by atoms with E-state index in [1.54, 1.807) is 13.0 Å². The minimum Gasteiger partial charge on any atom is -0.463 e. The van der Waals surface area contributed by atoms with E-state index in [1.165, 1.54) is 0 Å². The molecule has 19 heavy (non-hydrogen) atoms. The first-order valence-corrected chi connectivity index (χ1v) is 6.97. The van der Waals surface area contributed by atoms with Crippen LogP contribution in [0.4, 0.5) is 4.79 Å².